The van der Waals surface area contributed by atoms with Crippen molar-refractivity contribution in [3.63, 3.8) is 0 Å². The van der Waals surface area contributed by atoms with Crippen LogP contribution in [0.2, 0.25) is 10.0 Å². The minimum absolute atomic E-state index is 0.217. The first kappa shape index (κ1) is 26.5. The fraction of sp³-hybridized carbons (Fsp3) is 0.250. The van der Waals surface area contributed by atoms with Crippen LogP contribution in [0.25, 0.3) is 11.6 Å². The molecule has 1 aliphatic rings. The lowest BCUT2D eigenvalue weighted by Crippen LogP contribution is -2.49. The molecule has 8 heteroatoms. The van der Waals surface area contributed by atoms with E-state index in [0.29, 0.717) is 33.5 Å². The molecule has 0 saturated carbocycles. The zero-order valence-corrected chi connectivity index (χ0v) is 22.7. The number of piperazine rings is 1. The van der Waals surface area contributed by atoms with E-state index in [1.54, 1.807) is 24.3 Å². The molecule has 1 unspecified atom stereocenters. The lowest BCUT2D eigenvalue weighted by Gasteiger charge is -2.36. The van der Waals surface area contributed by atoms with Gasteiger partial charge >= 0.3 is 0 Å². The number of benzene rings is 3. The van der Waals surface area contributed by atoms with Gasteiger partial charge in [-0.15, -0.1) is 0 Å². The van der Waals surface area contributed by atoms with Crippen LogP contribution < -0.4 is 9.64 Å². The Labute approximate surface area is 230 Å². The third kappa shape index (κ3) is 7.25. The van der Waals surface area contributed by atoms with Crippen molar-refractivity contribution < 1.29 is 9.84 Å². The van der Waals surface area contributed by atoms with Gasteiger partial charge in [-0.2, -0.15) is 5.26 Å². The molecular weight excluding hydrogens is 561 g/mol. The predicted octanol–water partition coefficient (Wildman–Crippen LogP) is 6.38. The Morgan fingerprint density at radius 3 is 2.33 bits per heavy atom. The molecule has 3 aromatic carbocycles. The van der Waals surface area contributed by atoms with Crippen LogP contribution in [0.15, 0.2) is 71.2 Å². The minimum Gasteiger partial charge on any atom is -0.491 e. The Balaban J connectivity index is 1.25. The smallest absolute Gasteiger partial charge is 0.119 e. The number of hydrogen-bond acceptors (Lipinski definition) is 5. The first-order chi connectivity index (χ1) is 17.4. The van der Waals surface area contributed by atoms with E-state index in [-0.39, 0.29) is 6.61 Å². The lowest BCUT2D eigenvalue weighted by molar-refractivity contribution is 0.0663. The van der Waals surface area contributed by atoms with Gasteiger partial charge in [0.15, 0.2) is 0 Å². The summed E-state index contributed by atoms with van der Waals surface area (Å²) in [6.07, 6.45) is 1.20. The number of halogens is 3. The molecule has 0 radical (unpaired) electrons. The van der Waals surface area contributed by atoms with Gasteiger partial charge in [-0.05, 0) is 65.7 Å². The number of aliphatic hydroxyl groups excluding tert-OH is 1. The number of rotatable bonds is 8. The van der Waals surface area contributed by atoms with Crippen LogP contribution in [0.1, 0.15) is 11.1 Å². The number of β-amino-alcohol motifs (C(OH)–C–C–N with tert-alkyl or cyclic N) is 1. The van der Waals surface area contributed by atoms with E-state index >= 15 is 0 Å². The summed E-state index contributed by atoms with van der Waals surface area (Å²) in [5.74, 6) is 0.666. The summed E-state index contributed by atoms with van der Waals surface area (Å²) in [5.41, 5.74) is 3.26. The van der Waals surface area contributed by atoms with Crippen molar-refractivity contribution in [1.82, 2.24) is 4.90 Å². The summed E-state index contributed by atoms with van der Waals surface area (Å²) in [5, 5.41) is 20.9. The van der Waals surface area contributed by atoms with Gasteiger partial charge in [0, 0.05) is 42.9 Å². The molecule has 3 aromatic rings. The molecule has 4 rings (SSSR count). The van der Waals surface area contributed by atoms with Crippen LogP contribution in [-0.2, 0) is 0 Å². The van der Waals surface area contributed by atoms with Gasteiger partial charge in [0.25, 0.3) is 0 Å². The summed E-state index contributed by atoms with van der Waals surface area (Å²) >= 11 is 15.5. The number of aliphatic hydroxyl groups is 1. The van der Waals surface area contributed by atoms with Crippen molar-refractivity contribution in [3.8, 4) is 11.8 Å². The largest absolute Gasteiger partial charge is 0.491 e. The second kappa shape index (κ2) is 12.6. The van der Waals surface area contributed by atoms with Crippen molar-refractivity contribution in [3.05, 3.63) is 92.4 Å². The number of hydrogen-bond donors (Lipinski definition) is 1. The van der Waals surface area contributed by atoms with Crippen molar-refractivity contribution in [1.29, 1.82) is 5.26 Å². The van der Waals surface area contributed by atoms with E-state index in [1.165, 1.54) is 5.69 Å². The summed E-state index contributed by atoms with van der Waals surface area (Å²) in [6.45, 7) is 4.44. The maximum Gasteiger partial charge on any atom is 0.119 e. The summed E-state index contributed by atoms with van der Waals surface area (Å²) in [4.78, 5) is 4.63. The Morgan fingerprint density at radius 2 is 1.69 bits per heavy atom. The lowest BCUT2D eigenvalue weighted by atomic mass is 10.0. The summed E-state index contributed by atoms with van der Waals surface area (Å²) in [7, 11) is 0. The molecule has 1 fully saturated rings. The van der Waals surface area contributed by atoms with Crippen molar-refractivity contribution >= 4 is 56.5 Å². The molecule has 1 atom stereocenters. The Hall–Kier alpha value is -2.53. The van der Waals surface area contributed by atoms with E-state index in [9.17, 15) is 10.4 Å². The highest BCUT2D eigenvalue weighted by Gasteiger charge is 2.20. The van der Waals surface area contributed by atoms with Crippen molar-refractivity contribution in [2.24, 2.45) is 0 Å². The SMILES string of the molecule is N#C/C(=C\c1ccc(OCC(O)CN2CCN(c3ccc(Br)cc3)CC2)cc1)c1ccc(Cl)c(Cl)c1. The van der Waals surface area contributed by atoms with Crippen LogP contribution >= 0.6 is 39.1 Å². The normalized spacial score (nSPS) is 15.4. The standard InChI is InChI=1S/C28H26BrCl2N3O2/c29-23-4-6-24(7-5-23)34-13-11-33(12-14-34)18-25(35)19-36-26-8-1-20(2-9-26)15-22(17-32)21-3-10-27(30)28(31)16-21/h1-10,15-16,25,35H,11-14,18-19H2/b22-15+. The van der Waals surface area contributed by atoms with Crippen LogP contribution in [0.5, 0.6) is 5.75 Å². The fourth-order valence-corrected chi connectivity index (χ4v) is 4.62. The fourth-order valence-electron chi connectivity index (χ4n) is 4.05. The molecule has 5 nitrogen and oxygen atoms in total. The molecule has 186 valence electrons. The first-order valence-corrected chi connectivity index (χ1v) is 13.2. The quantitative estimate of drug-likeness (QED) is 0.245. The second-order valence-corrected chi connectivity index (χ2v) is 10.3. The van der Waals surface area contributed by atoms with E-state index in [4.69, 9.17) is 27.9 Å². The molecule has 0 aliphatic carbocycles. The molecule has 0 bridgehead atoms. The summed E-state index contributed by atoms with van der Waals surface area (Å²) < 4.78 is 6.88. The maximum absolute atomic E-state index is 10.5. The predicted molar refractivity (Wildman–Crippen MR) is 151 cm³/mol. The van der Waals surface area contributed by atoms with Crippen molar-refractivity contribution in [2.45, 2.75) is 6.10 Å². The van der Waals surface area contributed by atoms with E-state index in [0.717, 1.165) is 36.2 Å². The minimum atomic E-state index is -0.580. The van der Waals surface area contributed by atoms with Gasteiger partial charge in [-0.1, -0.05) is 57.3 Å². The molecule has 1 heterocycles. The van der Waals surface area contributed by atoms with Crippen molar-refractivity contribution in [2.75, 3.05) is 44.2 Å². The van der Waals surface area contributed by atoms with Gasteiger partial charge in [0.2, 0.25) is 0 Å². The molecular formula is C28H26BrCl2N3O2. The Kier molecular flexibility index (Phi) is 9.30. The maximum atomic E-state index is 10.5. The topological polar surface area (TPSA) is 59.7 Å². The number of ether oxygens (including phenoxy) is 1. The third-order valence-corrected chi connectivity index (χ3v) is 7.29. The van der Waals surface area contributed by atoms with Crippen LogP contribution in [-0.4, -0.2) is 55.4 Å². The monoisotopic (exact) mass is 585 g/mol. The zero-order chi connectivity index (χ0) is 25.5. The van der Waals surface area contributed by atoms with Gasteiger partial charge in [-0.3, -0.25) is 4.90 Å². The van der Waals surface area contributed by atoms with Crippen LogP contribution in [0, 0.1) is 11.3 Å². The molecule has 1 N–H and O–H groups in total. The second-order valence-electron chi connectivity index (χ2n) is 8.60. The molecule has 1 aliphatic heterocycles. The molecule has 36 heavy (non-hydrogen) atoms. The van der Waals surface area contributed by atoms with Gasteiger partial charge in [0.1, 0.15) is 18.5 Å². The van der Waals surface area contributed by atoms with E-state index in [1.807, 2.05) is 24.3 Å². The van der Waals surface area contributed by atoms with E-state index < -0.39 is 6.10 Å². The summed E-state index contributed by atoms with van der Waals surface area (Å²) in [6, 6.07) is 23.1. The molecule has 1 saturated heterocycles. The van der Waals surface area contributed by atoms with E-state index in [2.05, 4.69) is 56.1 Å². The highest BCUT2D eigenvalue weighted by atomic mass is 79.9. The highest BCUT2D eigenvalue weighted by molar-refractivity contribution is 9.10. The molecule has 0 amide bonds. The number of nitriles is 1. The van der Waals surface area contributed by atoms with Gasteiger partial charge in [0.05, 0.1) is 21.7 Å². The molecule has 0 aromatic heterocycles. The number of anilines is 1. The zero-order valence-electron chi connectivity index (χ0n) is 19.6. The van der Waals surface area contributed by atoms with Crippen LogP contribution in [0.4, 0.5) is 5.69 Å². The average Bonchev–Trinajstić information content (AvgIpc) is 2.89. The first-order valence-electron chi connectivity index (χ1n) is 11.6. The Morgan fingerprint density at radius 1 is 1.00 bits per heavy atom. The average molecular weight is 587 g/mol. The Bertz CT molecular complexity index is 1240. The highest BCUT2D eigenvalue weighted by Crippen LogP contribution is 2.27. The van der Waals surface area contributed by atoms with Gasteiger partial charge in [-0.25, -0.2) is 0 Å². The third-order valence-electron chi connectivity index (χ3n) is 6.02. The molecule has 0 spiro atoms. The number of nitrogens with zero attached hydrogens (tertiary/aromatic N) is 3. The number of allylic oxidation sites excluding steroid dienone is 1. The van der Waals surface area contributed by atoms with Gasteiger partial charge < -0.3 is 14.7 Å². The van der Waals surface area contributed by atoms with Crippen LogP contribution in [0.3, 0.4) is 0 Å².